The molecule has 0 bridgehead atoms. The number of carbonyl (C=O) groups is 2. The van der Waals surface area contributed by atoms with Crippen molar-refractivity contribution in [1.82, 2.24) is 5.32 Å². The minimum atomic E-state index is -0.675. The molecule has 0 aliphatic rings. The van der Waals surface area contributed by atoms with Crippen LogP contribution in [0.3, 0.4) is 0 Å². The maximum absolute atomic E-state index is 12.5. The van der Waals surface area contributed by atoms with Crippen molar-refractivity contribution in [3.05, 3.63) is 12.2 Å². The van der Waals surface area contributed by atoms with Gasteiger partial charge in [-0.05, 0) is 51.4 Å². The summed E-state index contributed by atoms with van der Waals surface area (Å²) in [6.45, 7) is 4.97. The highest BCUT2D eigenvalue weighted by Gasteiger charge is 2.20. The van der Waals surface area contributed by atoms with Gasteiger partial charge in [-0.15, -0.1) is 0 Å². The third-order valence-electron chi connectivity index (χ3n) is 15.6. The number of ether oxygens (including phenoxy) is 1. The highest BCUT2D eigenvalue weighted by Crippen LogP contribution is 2.19. The molecule has 428 valence electrons. The molecule has 2 atom stereocenters. The fraction of sp³-hybridized carbons (Fsp3) is 0.939. The van der Waals surface area contributed by atoms with E-state index in [1.165, 1.54) is 276 Å². The molecule has 0 saturated heterocycles. The molecular formula is C66H129NO5. The molecule has 2 unspecified atom stereocenters. The van der Waals surface area contributed by atoms with Crippen molar-refractivity contribution in [2.24, 2.45) is 0 Å². The van der Waals surface area contributed by atoms with Crippen LogP contribution in [0, 0.1) is 0 Å². The zero-order valence-corrected chi connectivity index (χ0v) is 48.9. The lowest BCUT2D eigenvalue weighted by molar-refractivity contribution is -0.143. The Kier molecular flexibility index (Phi) is 60.9. The van der Waals surface area contributed by atoms with Crippen LogP contribution in [-0.2, 0) is 14.3 Å². The Balaban J connectivity index is 3.44. The molecule has 0 rings (SSSR count). The Morgan fingerprint density at radius 1 is 0.375 bits per heavy atom. The molecule has 0 saturated carbocycles. The van der Waals surface area contributed by atoms with Crippen LogP contribution in [-0.4, -0.2) is 47.4 Å². The summed E-state index contributed by atoms with van der Waals surface area (Å²) in [5.74, 6) is -0.0454. The van der Waals surface area contributed by atoms with Crippen LogP contribution in [0.4, 0.5) is 0 Å². The molecule has 0 aromatic heterocycles. The first-order valence-electron chi connectivity index (χ1n) is 32.9. The highest BCUT2D eigenvalue weighted by atomic mass is 16.5. The van der Waals surface area contributed by atoms with Gasteiger partial charge in [0.25, 0.3) is 0 Å². The van der Waals surface area contributed by atoms with Gasteiger partial charge in [0.1, 0.15) is 0 Å². The maximum atomic E-state index is 12.5. The number of esters is 1. The van der Waals surface area contributed by atoms with Crippen LogP contribution >= 0.6 is 0 Å². The number of carbonyl (C=O) groups excluding carboxylic acids is 2. The van der Waals surface area contributed by atoms with Crippen molar-refractivity contribution in [2.45, 2.75) is 386 Å². The van der Waals surface area contributed by atoms with Gasteiger partial charge in [-0.1, -0.05) is 321 Å². The predicted molar refractivity (Wildman–Crippen MR) is 315 cm³/mol. The number of aliphatic hydroxyl groups excluding tert-OH is 2. The summed E-state index contributed by atoms with van der Waals surface area (Å²) < 4.78 is 5.49. The average Bonchev–Trinajstić information content (AvgIpc) is 3.38. The Morgan fingerprint density at radius 2 is 0.653 bits per heavy atom. The van der Waals surface area contributed by atoms with Crippen molar-refractivity contribution in [3.63, 3.8) is 0 Å². The first-order chi connectivity index (χ1) is 35.5. The number of hydrogen-bond acceptors (Lipinski definition) is 5. The van der Waals surface area contributed by atoms with E-state index in [0.717, 1.165) is 64.2 Å². The van der Waals surface area contributed by atoms with E-state index >= 15 is 0 Å². The van der Waals surface area contributed by atoms with E-state index in [1.807, 2.05) is 0 Å². The highest BCUT2D eigenvalue weighted by molar-refractivity contribution is 5.76. The first kappa shape index (κ1) is 70.6. The van der Waals surface area contributed by atoms with Crippen LogP contribution in [0.25, 0.3) is 0 Å². The van der Waals surface area contributed by atoms with Gasteiger partial charge in [0, 0.05) is 12.8 Å². The Hall–Kier alpha value is -1.40. The fourth-order valence-electron chi connectivity index (χ4n) is 10.5. The zero-order valence-electron chi connectivity index (χ0n) is 48.9. The second-order valence-electron chi connectivity index (χ2n) is 22.8. The largest absolute Gasteiger partial charge is 0.466 e. The van der Waals surface area contributed by atoms with Crippen molar-refractivity contribution < 1.29 is 24.5 Å². The van der Waals surface area contributed by atoms with E-state index in [0.29, 0.717) is 25.9 Å². The third kappa shape index (κ3) is 57.9. The zero-order chi connectivity index (χ0) is 52.2. The van der Waals surface area contributed by atoms with Crippen molar-refractivity contribution in [1.29, 1.82) is 0 Å². The van der Waals surface area contributed by atoms with Gasteiger partial charge < -0.3 is 20.3 Å². The molecule has 0 fully saturated rings. The molecule has 0 heterocycles. The summed E-state index contributed by atoms with van der Waals surface area (Å²) in [6.07, 6.45) is 75.1. The average molecular weight is 1020 g/mol. The molecule has 6 nitrogen and oxygen atoms in total. The minimum absolute atomic E-state index is 0.00194. The third-order valence-corrected chi connectivity index (χ3v) is 15.6. The van der Waals surface area contributed by atoms with E-state index in [-0.39, 0.29) is 18.5 Å². The molecule has 1 amide bonds. The van der Waals surface area contributed by atoms with Gasteiger partial charge in [0.05, 0.1) is 25.4 Å². The lowest BCUT2D eigenvalue weighted by Crippen LogP contribution is -2.45. The van der Waals surface area contributed by atoms with E-state index in [9.17, 15) is 19.8 Å². The number of nitrogens with one attached hydrogen (secondary N) is 1. The Morgan fingerprint density at radius 3 is 0.986 bits per heavy atom. The van der Waals surface area contributed by atoms with Gasteiger partial charge in [0.15, 0.2) is 0 Å². The van der Waals surface area contributed by atoms with Gasteiger partial charge in [-0.2, -0.15) is 0 Å². The summed E-state index contributed by atoms with van der Waals surface area (Å²) in [5.41, 5.74) is 0. The number of hydrogen-bond donors (Lipinski definition) is 3. The van der Waals surface area contributed by atoms with Crippen molar-refractivity contribution in [3.8, 4) is 0 Å². The van der Waals surface area contributed by atoms with Gasteiger partial charge >= 0.3 is 5.97 Å². The van der Waals surface area contributed by atoms with Crippen LogP contribution < -0.4 is 5.32 Å². The predicted octanol–water partition coefficient (Wildman–Crippen LogP) is 20.8. The summed E-state index contributed by atoms with van der Waals surface area (Å²) in [7, 11) is 0. The quantitative estimate of drug-likeness (QED) is 0.0320. The summed E-state index contributed by atoms with van der Waals surface area (Å²) in [4.78, 5) is 24.6. The molecule has 0 spiro atoms. The summed E-state index contributed by atoms with van der Waals surface area (Å²) in [6, 6.07) is -0.554. The number of unbranched alkanes of at least 4 members (excludes halogenated alkanes) is 49. The summed E-state index contributed by atoms with van der Waals surface area (Å²) in [5, 5.41) is 23.4. The van der Waals surface area contributed by atoms with Crippen LogP contribution in [0.1, 0.15) is 373 Å². The molecule has 0 aliphatic heterocycles. The van der Waals surface area contributed by atoms with Crippen LogP contribution in [0.2, 0.25) is 0 Å². The van der Waals surface area contributed by atoms with Gasteiger partial charge in [0.2, 0.25) is 5.91 Å². The van der Waals surface area contributed by atoms with Crippen molar-refractivity contribution in [2.75, 3.05) is 13.2 Å². The first-order valence-corrected chi connectivity index (χ1v) is 32.9. The van der Waals surface area contributed by atoms with E-state index in [2.05, 4.69) is 31.3 Å². The SMILES string of the molecule is CCCCCCCCCCCCCCCCCCCCCCCCCC(O)C(CO)NC(=O)CCCCCCC/C=C\CCCCCCCCCOC(=O)CCCCCCCCCCCCCCCCCC. The topological polar surface area (TPSA) is 95.9 Å². The minimum Gasteiger partial charge on any atom is -0.466 e. The lowest BCUT2D eigenvalue weighted by atomic mass is 10.0. The lowest BCUT2D eigenvalue weighted by Gasteiger charge is -2.22. The van der Waals surface area contributed by atoms with E-state index in [1.54, 1.807) is 0 Å². The number of amides is 1. The van der Waals surface area contributed by atoms with Crippen molar-refractivity contribution >= 4 is 11.9 Å². The number of allylic oxidation sites excluding steroid dienone is 2. The van der Waals surface area contributed by atoms with Gasteiger partial charge in [-0.3, -0.25) is 9.59 Å². The normalized spacial score (nSPS) is 12.6. The van der Waals surface area contributed by atoms with Gasteiger partial charge in [-0.25, -0.2) is 0 Å². The molecule has 6 heteroatoms. The monoisotopic (exact) mass is 1020 g/mol. The molecule has 72 heavy (non-hydrogen) atoms. The second kappa shape index (κ2) is 62.1. The maximum Gasteiger partial charge on any atom is 0.305 e. The standard InChI is InChI=1S/C66H129NO5/c1-3-5-7-9-11-13-15-17-19-21-22-23-24-25-26-27-30-34-38-42-46-50-54-58-64(69)63(62-68)67-65(70)59-55-51-47-43-39-35-31-28-29-33-37-41-45-49-53-57-61-72-66(71)60-56-52-48-44-40-36-32-20-18-16-14-12-10-8-6-4-2/h28,31,63-64,68-69H,3-27,29-30,32-62H2,1-2H3,(H,67,70)/b31-28-. The Labute approximate surface area is 450 Å². The number of rotatable bonds is 62. The fourth-order valence-corrected chi connectivity index (χ4v) is 10.5. The molecule has 0 radical (unpaired) electrons. The molecule has 3 N–H and O–H groups in total. The summed E-state index contributed by atoms with van der Waals surface area (Å²) >= 11 is 0. The Bertz CT molecular complexity index is 1080. The second-order valence-corrected chi connectivity index (χ2v) is 22.8. The van der Waals surface area contributed by atoms with Crippen LogP contribution in [0.15, 0.2) is 12.2 Å². The van der Waals surface area contributed by atoms with E-state index < -0.39 is 12.1 Å². The molecule has 0 aromatic carbocycles. The van der Waals surface area contributed by atoms with Crippen LogP contribution in [0.5, 0.6) is 0 Å². The smallest absolute Gasteiger partial charge is 0.305 e. The molecule has 0 aromatic rings. The van der Waals surface area contributed by atoms with E-state index in [4.69, 9.17) is 4.74 Å². The molecule has 0 aliphatic carbocycles. The number of aliphatic hydroxyl groups is 2. The molecular weight excluding hydrogens is 887 g/mol.